The van der Waals surface area contributed by atoms with Crippen LogP contribution >= 0.6 is 11.8 Å². The third-order valence-corrected chi connectivity index (χ3v) is 5.84. The van der Waals surface area contributed by atoms with Gasteiger partial charge in [-0.1, -0.05) is 47.3 Å². The summed E-state index contributed by atoms with van der Waals surface area (Å²) in [7, 11) is 3.24. The van der Waals surface area contributed by atoms with E-state index in [-0.39, 0.29) is 6.61 Å². The van der Waals surface area contributed by atoms with Crippen LogP contribution in [0.4, 0.5) is 0 Å². The number of hydrogen-bond acceptors (Lipinski definition) is 7. The maximum atomic E-state index is 10.4. The summed E-state index contributed by atoms with van der Waals surface area (Å²) in [5.74, 6) is 1.37. The molecular weight excluding hydrogens is 426 g/mol. The van der Waals surface area contributed by atoms with E-state index in [2.05, 4.69) is 16.4 Å². The van der Waals surface area contributed by atoms with Gasteiger partial charge in [0.05, 0.1) is 20.4 Å². The van der Waals surface area contributed by atoms with E-state index in [9.17, 15) is 4.79 Å². The Bertz CT molecular complexity index is 1210. The molecule has 0 bridgehead atoms. The fourth-order valence-electron chi connectivity index (χ4n) is 3.16. The van der Waals surface area contributed by atoms with Gasteiger partial charge in [-0.3, -0.25) is 4.79 Å². The molecule has 0 atom stereocenters. The Morgan fingerprint density at radius 2 is 1.81 bits per heavy atom. The normalized spacial score (nSPS) is 10.6. The van der Waals surface area contributed by atoms with Crippen LogP contribution in [-0.4, -0.2) is 35.7 Å². The lowest BCUT2D eigenvalue weighted by atomic mass is 10.2. The lowest BCUT2D eigenvalue weighted by molar-refractivity contribution is -0.129. The number of carbonyl (C=O) groups excluding carboxylic acids is 1. The van der Waals surface area contributed by atoms with Crippen LogP contribution in [0, 0.1) is 0 Å². The molecule has 0 N–H and O–H groups in total. The van der Waals surface area contributed by atoms with Crippen LogP contribution < -0.4 is 9.47 Å². The van der Waals surface area contributed by atoms with Crippen LogP contribution in [0.1, 0.15) is 5.56 Å². The molecule has 0 aliphatic carbocycles. The van der Waals surface area contributed by atoms with Gasteiger partial charge in [0.2, 0.25) is 0 Å². The number of carbonyl (C=O) groups is 1. The molecule has 0 saturated heterocycles. The minimum absolute atomic E-state index is 0.266. The predicted molar refractivity (Wildman–Crippen MR) is 121 cm³/mol. The molecule has 7 nitrogen and oxygen atoms in total. The fourth-order valence-corrected chi connectivity index (χ4v) is 4.11. The van der Waals surface area contributed by atoms with Gasteiger partial charge in [-0.15, -0.1) is 5.10 Å². The Kier molecular flexibility index (Phi) is 6.72. The molecule has 1 heterocycles. The largest absolute Gasteiger partial charge is 0.497 e. The molecule has 4 aromatic rings. The van der Waals surface area contributed by atoms with E-state index in [1.165, 1.54) is 0 Å². The van der Waals surface area contributed by atoms with E-state index in [0.29, 0.717) is 18.0 Å². The lowest BCUT2D eigenvalue weighted by Gasteiger charge is -2.09. The predicted octanol–water partition coefficient (Wildman–Crippen LogP) is 4.78. The quantitative estimate of drug-likeness (QED) is 0.342. The van der Waals surface area contributed by atoms with Crippen molar-refractivity contribution >= 4 is 18.2 Å². The third-order valence-electron chi connectivity index (χ3n) is 4.76. The highest BCUT2D eigenvalue weighted by Gasteiger charge is 2.14. The SMILES string of the molecule is COc1ccc(OC)c(-n2cc(-c3ccccc3Sc3ccc(COC=O)cc3)nn2)c1. The number of rotatable bonds is 9. The van der Waals surface area contributed by atoms with Gasteiger partial charge >= 0.3 is 0 Å². The maximum Gasteiger partial charge on any atom is 0.293 e. The van der Waals surface area contributed by atoms with Crippen molar-refractivity contribution in [1.82, 2.24) is 15.0 Å². The van der Waals surface area contributed by atoms with Gasteiger partial charge in [-0.25, -0.2) is 4.68 Å². The van der Waals surface area contributed by atoms with E-state index in [1.807, 2.05) is 66.9 Å². The average Bonchev–Trinajstić information content (AvgIpc) is 3.33. The number of ether oxygens (including phenoxy) is 3. The number of hydrogen-bond donors (Lipinski definition) is 0. The first-order valence-corrected chi connectivity index (χ1v) is 10.6. The minimum atomic E-state index is 0.266. The lowest BCUT2D eigenvalue weighted by Crippen LogP contribution is -1.99. The van der Waals surface area contributed by atoms with Crippen molar-refractivity contribution in [2.24, 2.45) is 0 Å². The molecule has 0 fully saturated rings. The van der Waals surface area contributed by atoms with Crippen LogP contribution in [-0.2, 0) is 16.1 Å². The van der Waals surface area contributed by atoms with Crippen LogP contribution in [0.5, 0.6) is 11.5 Å². The van der Waals surface area contributed by atoms with Crippen LogP contribution in [0.3, 0.4) is 0 Å². The first-order valence-electron chi connectivity index (χ1n) is 9.78. The molecule has 1 aromatic heterocycles. The second kappa shape index (κ2) is 10.0. The van der Waals surface area contributed by atoms with Crippen molar-refractivity contribution < 1.29 is 19.0 Å². The summed E-state index contributed by atoms with van der Waals surface area (Å²) < 4.78 is 17.3. The number of benzene rings is 3. The summed E-state index contributed by atoms with van der Waals surface area (Å²) >= 11 is 1.63. The van der Waals surface area contributed by atoms with E-state index in [4.69, 9.17) is 14.2 Å². The number of aromatic nitrogens is 3. The number of nitrogens with zero attached hydrogens (tertiary/aromatic N) is 3. The van der Waals surface area contributed by atoms with Gasteiger partial charge in [-0.2, -0.15) is 0 Å². The molecule has 0 radical (unpaired) electrons. The molecule has 0 spiro atoms. The van der Waals surface area contributed by atoms with Crippen LogP contribution in [0.2, 0.25) is 0 Å². The van der Waals surface area contributed by atoms with Crippen molar-refractivity contribution in [1.29, 1.82) is 0 Å². The van der Waals surface area contributed by atoms with Crippen molar-refractivity contribution in [2.75, 3.05) is 14.2 Å². The zero-order valence-corrected chi connectivity index (χ0v) is 18.4. The van der Waals surface area contributed by atoms with Crippen molar-refractivity contribution in [3.63, 3.8) is 0 Å². The summed E-state index contributed by atoms with van der Waals surface area (Å²) in [6.45, 7) is 0.717. The molecule has 0 aliphatic rings. The van der Waals surface area contributed by atoms with E-state index < -0.39 is 0 Å². The van der Waals surface area contributed by atoms with Crippen molar-refractivity contribution in [3.05, 3.63) is 78.5 Å². The fraction of sp³-hybridized carbons (Fsp3) is 0.125. The second-order valence-corrected chi connectivity index (χ2v) is 7.85. The third kappa shape index (κ3) is 4.76. The molecule has 4 rings (SSSR count). The highest BCUT2D eigenvalue weighted by Crippen LogP contribution is 2.36. The van der Waals surface area contributed by atoms with Crippen LogP contribution in [0.15, 0.2) is 82.7 Å². The molecule has 0 aliphatic heterocycles. The van der Waals surface area contributed by atoms with Gasteiger partial charge < -0.3 is 14.2 Å². The van der Waals surface area contributed by atoms with Gasteiger partial charge in [-0.05, 0) is 35.9 Å². The molecule has 0 amide bonds. The highest BCUT2D eigenvalue weighted by molar-refractivity contribution is 7.99. The van der Waals surface area contributed by atoms with Gasteiger partial charge in [0.1, 0.15) is 29.5 Å². The standard InChI is InChI=1S/C24H21N3O4S/c1-29-18-9-12-23(30-2)22(13-18)27-14-21(25-26-27)20-5-3-4-6-24(20)32-19-10-7-17(8-11-19)15-31-16-28/h3-14,16H,15H2,1-2H3. The summed E-state index contributed by atoms with van der Waals surface area (Å²) in [4.78, 5) is 12.5. The summed E-state index contributed by atoms with van der Waals surface area (Å²) in [6.07, 6.45) is 1.87. The van der Waals surface area contributed by atoms with Gasteiger partial charge in [0, 0.05) is 21.4 Å². The number of methoxy groups -OCH3 is 2. The first-order chi connectivity index (χ1) is 15.7. The van der Waals surface area contributed by atoms with Gasteiger partial charge in [0.25, 0.3) is 6.47 Å². The summed E-state index contributed by atoms with van der Waals surface area (Å²) in [5.41, 5.74) is 3.39. The monoisotopic (exact) mass is 447 g/mol. The average molecular weight is 448 g/mol. The molecular formula is C24H21N3O4S. The molecule has 3 aromatic carbocycles. The Morgan fingerprint density at radius 3 is 2.56 bits per heavy atom. The van der Waals surface area contributed by atoms with Crippen molar-refractivity contribution in [3.8, 4) is 28.4 Å². The minimum Gasteiger partial charge on any atom is -0.497 e. The smallest absolute Gasteiger partial charge is 0.293 e. The molecule has 8 heteroatoms. The molecule has 32 heavy (non-hydrogen) atoms. The van der Waals surface area contributed by atoms with Gasteiger partial charge in [0.15, 0.2) is 0 Å². The van der Waals surface area contributed by atoms with E-state index in [1.54, 1.807) is 30.7 Å². The Labute approximate surface area is 189 Å². The van der Waals surface area contributed by atoms with Crippen LogP contribution in [0.25, 0.3) is 16.9 Å². The summed E-state index contributed by atoms with van der Waals surface area (Å²) in [6, 6.07) is 21.5. The zero-order chi connectivity index (χ0) is 22.3. The first kappa shape index (κ1) is 21.5. The van der Waals surface area contributed by atoms with E-state index >= 15 is 0 Å². The molecule has 0 unspecified atom stereocenters. The topological polar surface area (TPSA) is 75.5 Å². The Morgan fingerprint density at radius 1 is 1.00 bits per heavy atom. The van der Waals surface area contributed by atoms with E-state index in [0.717, 1.165) is 32.3 Å². The zero-order valence-electron chi connectivity index (χ0n) is 17.6. The Hall–Kier alpha value is -3.78. The molecule has 0 saturated carbocycles. The van der Waals surface area contributed by atoms with Crippen molar-refractivity contribution in [2.45, 2.75) is 16.4 Å². The summed E-state index contributed by atoms with van der Waals surface area (Å²) in [5, 5.41) is 8.71. The Balaban J connectivity index is 1.61. The maximum absolute atomic E-state index is 10.4. The highest BCUT2D eigenvalue weighted by atomic mass is 32.2. The molecule has 162 valence electrons. The second-order valence-electron chi connectivity index (χ2n) is 6.74.